The number of carboxylic acid groups (broad SMARTS) is 1. The Kier molecular flexibility index (Phi) is 1.09. The summed E-state index contributed by atoms with van der Waals surface area (Å²) < 4.78 is 6.24. The van der Waals surface area contributed by atoms with E-state index in [0.717, 1.165) is 0 Å². The van der Waals surface area contributed by atoms with Gasteiger partial charge in [-0.25, -0.2) is 4.79 Å². The summed E-state index contributed by atoms with van der Waals surface area (Å²) in [6.07, 6.45) is 0.788. The van der Waals surface area contributed by atoms with Crippen molar-refractivity contribution in [1.82, 2.24) is 5.32 Å². The molecule has 1 saturated heterocycles. The predicted octanol–water partition coefficient (Wildman–Crippen LogP) is -0.650. The number of rotatable bonds is 1. The van der Waals surface area contributed by atoms with Crippen LogP contribution in [0.4, 0.5) is 0 Å². The fourth-order valence-electron chi connectivity index (χ4n) is 0.791. The van der Waals surface area contributed by atoms with Crippen LogP contribution in [0.5, 0.6) is 0 Å². The number of hydrogen-bond donors (Lipinski definition) is 2. The summed E-state index contributed by atoms with van der Waals surface area (Å²) in [5, 5.41) is 6.05. The lowest BCUT2D eigenvalue weighted by atomic mass is 10.2. The van der Waals surface area contributed by atoms with E-state index in [1.807, 2.05) is 0 Å². The van der Waals surface area contributed by atoms with Crippen LogP contribution in [0.25, 0.3) is 1.43 Å². The Morgan fingerprint density at radius 2 is 2.78 bits per heavy atom. The van der Waals surface area contributed by atoms with E-state index in [-0.39, 0.29) is 5.91 Å². The molecule has 0 aromatic heterocycles. The number of amides is 1. The fraction of sp³-hybridized carbons (Fsp3) is 0.600. The molecular formula is C5H7NO3. The maximum absolute atomic E-state index is 10.5. The first kappa shape index (κ1) is 4.78. The molecule has 0 saturated carbocycles. The van der Waals surface area contributed by atoms with Gasteiger partial charge in [-0.05, 0) is 6.42 Å². The Morgan fingerprint density at radius 3 is 3.22 bits per heavy atom. The maximum Gasteiger partial charge on any atom is 0.326 e. The van der Waals surface area contributed by atoms with Crippen LogP contribution < -0.4 is 5.32 Å². The molecule has 1 aliphatic rings. The summed E-state index contributed by atoms with van der Waals surface area (Å²) in [5.74, 6) is -0.846. The molecular weight excluding hydrogens is 122 g/mol. The molecule has 0 radical (unpaired) electrons. The van der Waals surface area contributed by atoms with Gasteiger partial charge < -0.3 is 10.4 Å². The number of aliphatic carboxylic acids is 1. The van der Waals surface area contributed by atoms with Crippen LogP contribution in [-0.2, 0) is 9.59 Å². The van der Waals surface area contributed by atoms with Gasteiger partial charge in [-0.1, -0.05) is 0 Å². The van der Waals surface area contributed by atoms with Crippen LogP contribution in [0.1, 0.15) is 12.8 Å². The van der Waals surface area contributed by atoms with Crippen molar-refractivity contribution in [2.24, 2.45) is 0 Å². The first-order chi connectivity index (χ1) is 4.74. The van der Waals surface area contributed by atoms with Gasteiger partial charge in [0.2, 0.25) is 5.91 Å². The Labute approximate surface area is 53.4 Å². The van der Waals surface area contributed by atoms with Gasteiger partial charge in [0, 0.05) is 6.42 Å². The number of nitrogens with one attached hydrogen (secondary N) is 1. The molecule has 4 heteroatoms. The van der Waals surface area contributed by atoms with Crippen molar-refractivity contribution in [3.8, 4) is 0 Å². The third-order valence-electron chi connectivity index (χ3n) is 1.28. The van der Waals surface area contributed by atoms with Gasteiger partial charge >= 0.3 is 5.97 Å². The van der Waals surface area contributed by atoms with E-state index in [9.17, 15) is 9.59 Å². The summed E-state index contributed by atoms with van der Waals surface area (Å²) in [6, 6.07) is -0.593. The summed E-state index contributed by atoms with van der Waals surface area (Å²) in [7, 11) is 0. The molecule has 0 aromatic carbocycles. The van der Waals surface area contributed by atoms with Crippen molar-refractivity contribution in [2.75, 3.05) is 0 Å². The van der Waals surface area contributed by atoms with Gasteiger partial charge in [0.25, 0.3) is 1.43 Å². The normalized spacial score (nSPS) is 26.9. The largest absolute Gasteiger partial charge is 0.480 e. The van der Waals surface area contributed by atoms with Crippen LogP contribution in [0.2, 0.25) is 0 Å². The first-order valence-corrected chi connectivity index (χ1v) is 2.70. The third kappa shape index (κ3) is 1.19. The minimum absolute atomic E-state index is 0.157. The molecule has 0 bridgehead atoms. The van der Waals surface area contributed by atoms with Gasteiger partial charge in [-0.15, -0.1) is 0 Å². The SMILES string of the molecule is [2H]OC(=O)[C@@H]1CCC(=O)N1. The van der Waals surface area contributed by atoms with Crippen LogP contribution in [0.3, 0.4) is 0 Å². The topological polar surface area (TPSA) is 66.4 Å². The third-order valence-corrected chi connectivity index (χ3v) is 1.28. The Hall–Kier alpha value is -1.06. The Morgan fingerprint density at radius 1 is 2.00 bits per heavy atom. The molecule has 0 aromatic rings. The van der Waals surface area contributed by atoms with E-state index in [1.54, 1.807) is 0 Å². The van der Waals surface area contributed by atoms with E-state index < -0.39 is 12.0 Å². The zero-order valence-electron chi connectivity index (χ0n) is 5.72. The average molecular weight is 130 g/mol. The minimum atomic E-state index is -0.689. The average Bonchev–Trinajstić information content (AvgIpc) is 2.34. The highest BCUT2D eigenvalue weighted by Crippen LogP contribution is 2.05. The molecule has 1 aliphatic heterocycles. The first-order valence-electron chi connectivity index (χ1n) is 3.11. The van der Waals surface area contributed by atoms with E-state index in [4.69, 9.17) is 1.43 Å². The molecule has 9 heavy (non-hydrogen) atoms. The molecule has 1 rings (SSSR count). The molecule has 0 unspecified atom stereocenters. The lowest BCUT2D eigenvalue weighted by Crippen LogP contribution is -2.32. The van der Waals surface area contributed by atoms with Gasteiger partial charge in [0.1, 0.15) is 6.04 Å². The molecule has 50 valence electrons. The second kappa shape index (κ2) is 2.05. The smallest absolute Gasteiger partial charge is 0.326 e. The van der Waals surface area contributed by atoms with Crippen molar-refractivity contribution < 1.29 is 14.7 Å². The van der Waals surface area contributed by atoms with Gasteiger partial charge in [0.05, 0.1) is 0 Å². The fourth-order valence-corrected chi connectivity index (χ4v) is 0.791. The monoisotopic (exact) mass is 130 g/mol. The molecule has 0 spiro atoms. The van der Waals surface area contributed by atoms with E-state index in [0.29, 0.717) is 12.8 Å². The summed E-state index contributed by atoms with van der Waals surface area (Å²) in [6.45, 7) is 0. The summed E-state index contributed by atoms with van der Waals surface area (Å²) in [4.78, 5) is 21.0. The van der Waals surface area contributed by atoms with E-state index in [1.165, 1.54) is 0 Å². The molecule has 1 fully saturated rings. The Balaban J connectivity index is 2.44. The van der Waals surface area contributed by atoms with Crippen molar-refractivity contribution in [2.45, 2.75) is 18.9 Å². The summed E-state index contributed by atoms with van der Waals surface area (Å²) in [5.41, 5.74) is 0. The van der Waals surface area contributed by atoms with Crippen LogP contribution in [0.15, 0.2) is 0 Å². The van der Waals surface area contributed by atoms with Gasteiger partial charge in [-0.3, -0.25) is 4.79 Å². The molecule has 1 amide bonds. The minimum Gasteiger partial charge on any atom is -0.480 e. The number of carbonyl (C=O) groups excluding carboxylic acids is 1. The number of carboxylic acids is 1. The van der Waals surface area contributed by atoms with Crippen molar-refractivity contribution in [3.05, 3.63) is 0 Å². The predicted molar refractivity (Wildman–Crippen MR) is 28.8 cm³/mol. The lowest BCUT2D eigenvalue weighted by molar-refractivity contribution is -0.140. The second-order valence-corrected chi connectivity index (χ2v) is 1.98. The zero-order chi connectivity index (χ0) is 7.56. The Bertz CT molecular complexity index is 170. The second-order valence-electron chi connectivity index (χ2n) is 1.98. The highest BCUT2D eigenvalue weighted by molar-refractivity contribution is 5.87. The quantitative estimate of drug-likeness (QED) is 0.495. The van der Waals surface area contributed by atoms with Crippen LogP contribution in [-0.4, -0.2) is 23.0 Å². The molecule has 2 N–H and O–H groups in total. The van der Waals surface area contributed by atoms with Crippen molar-refractivity contribution in [3.63, 3.8) is 0 Å². The zero-order valence-corrected chi connectivity index (χ0v) is 4.72. The van der Waals surface area contributed by atoms with Crippen LogP contribution in [0, 0.1) is 0 Å². The molecule has 1 atom stereocenters. The van der Waals surface area contributed by atoms with Gasteiger partial charge in [0.15, 0.2) is 0 Å². The molecule has 0 aliphatic carbocycles. The van der Waals surface area contributed by atoms with Gasteiger partial charge in [-0.2, -0.15) is 0 Å². The van der Waals surface area contributed by atoms with Crippen LogP contribution >= 0.6 is 0 Å². The lowest BCUT2D eigenvalue weighted by Gasteiger charge is -1.99. The molecule has 1 heterocycles. The number of hydrogen-bond acceptors (Lipinski definition) is 3. The summed E-state index contributed by atoms with van der Waals surface area (Å²) >= 11 is 0. The van der Waals surface area contributed by atoms with E-state index in [2.05, 4.69) is 10.4 Å². The highest BCUT2D eigenvalue weighted by atomic mass is 16.4. The van der Waals surface area contributed by atoms with Crippen molar-refractivity contribution >= 4 is 11.9 Å². The molecule has 4 nitrogen and oxygen atoms in total. The maximum atomic E-state index is 10.5. The number of carbonyl (C=O) groups is 2. The highest BCUT2D eigenvalue weighted by Gasteiger charge is 2.26. The van der Waals surface area contributed by atoms with Crippen molar-refractivity contribution in [1.29, 1.82) is 1.43 Å². The standard InChI is InChI=1S/C5H7NO3/c7-4-2-1-3(6-4)5(8)9/h3H,1-2H2,(H,6,7)(H,8,9)/t3-/m0/s1/i/hD. The van der Waals surface area contributed by atoms with E-state index >= 15 is 0 Å².